The fourth-order valence-electron chi connectivity index (χ4n) is 2.69. The number of carbonyl (C=O) groups excluding carboxylic acids is 2. The van der Waals surface area contributed by atoms with E-state index in [9.17, 15) is 14.9 Å². The lowest BCUT2D eigenvalue weighted by Gasteiger charge is -2.29. The number of anilines is 1. The molecule has 104 valence electrons. The van der Waals surface area contributed by atoms with Gasteiger partial charge in [-0.2, -0.15) is 5.26 Å². The van der Waals surface area contributed by atoms with E-state index in [-0.39, 0.29) is 11.7 Å². The minimum Gasteiger partial charge on any atom is -0.324 e. The Kier molecular flexibility index (Phi) is 4.19. The summed E-state index contributed by atoms with van der Waals surface area (Å²) in [5.41, 5.74) is 0.0252. The standard InChI is InChI=1S/C16H18N2O2/c1-12(19)13-7-3-4-8-14(13)18-15(20)16(11-17)9-5-2-6-10-16/h3-4,7-8H,2,5-6,9-10H2,1H3,(H,18,20). The van der Waals surface area contributed by atoms with Gasteiger partial charge in [-0.3, -0.25) is 9.59 Å². The molecule has 2 rings (SSSR count). The van der Waals surface area contributed by atoms with Gasteiger partial charge in [0, 0.05) is 5.56 Å². The van der Waals surface area contributed by atoms with Crippen LogP contribution in [0.5, 0.6) is 0 Å². The number of nitrogens with zero attached hydrogens (tertiary/aromatic N) is 1. The maximum absolute atomic E-state index is 12.5. The maximum Gasteiger partial charge on any atom is 0.244 e. The number of benzene rings is 1. The molecule has 1 fully saturated rings. The van der Waals surface area contributed by atoms with Crippen LogP contribution >= 0.6 is 0 Å². The van der Waals surface area contributed by atoms with Gasteiger partial charge in [0.2, 0.25) is 5.91 Å². The zero-order chi connectivity index (χ0) is 14.6. The molecule has 0 spiro atoms. The molecule has 20 heavy (non-hydrogen) atoms. The van der Waals surface area contributed by atoms with Gasteiger partial charge in [0.05, 0.1) is 11.8 Å². The molecule has 0 unspecified atom stereocenters. The summed E-state index contributed by atoms with van der Waals surface area (Å²) in [5, 5.41) is 12.2. The van der Waals surface area contributed by atoms with Gasteiger partial charge in [-0.1, -0.05) is 31.4 Å². The molecule has 1 amide bonds. The summed E-state index contributed by atoms with van der Waals surface area (Å²) in [5.74, 6) is -0.385. The van der Waals surface area contributed by atoms with Crippen molar-refractivity contribution in [1.82, 2.24) is 0 Å². The van der Waals surface area contributed by atoms with Crippen molar-refractivity contribution in [2.45, 2.75) is 39.0 Å². The van der Waals surface area contributed by atoms with Gasteiger partial charge in [-0.15, -0.1) is 0 Å². The van der Waals surface area contributed by atoms with Gasteiger partial charge in [0.15, 0.2) is 5.78 Å². The Morgan fingerprint density at radius 2 is 1.85 bits per heavy atom. The van der Waals surface area contributed by atoms with Gasteiger partial charge in [-0.25, -0.2) is 0 Å². The number of nitrogens with one attached hydrogen (secondary N) is 1. The predicted molar refractivity (Wildman–Crippen MR) is 76.2 cm³/mol. The van der Waals surface area contributed by atoms with E-state index in [1.165, 1.54) is 6.92 Å². The number of Topliss-reactive ketones (excluding diaryl/α,β-unsaturated/α-hetero) is 1. The van der Waals surface area contributed by atoms with Gasteiger partial charge in [-0.05, 0) is 31.9 Å². The van der Waals surface area contributed by atoms with Gasteiger partial charge in [0.25, 0.3) is 0 Å². The summed E-state index contributed by atoms with van der Waals surface area (Å²) in [6.07, 6.45) is 4.06. The third-order valence-electron chi connectivity index (χ3n) is 3.91. The molecule has 0 heterocycles. The van der Waals surface area contributed by atoms with Crippen molar-refractivity contribution >= 4 is 17.4 Å². The van der Waals surface area contributed by atoms with E-state index >= 15 is 0 Å². The Balaban J connectivity index is 2.23. The summed E-state index contributed by atoms with van der Waals surface area (Å²) in [4.78, 5) is 24.0. The largest absolute Gasteiger partial charge is 0.324 e. The molecule has 0 bridgehead atoms. The van der Waals surface area contributed by atoms with Gasteiger partial charge < -0.3 is 5.32 Å². The summed E-state index contributed by atoms with van der Waals surface area (Å²) >= 11 is 0. The molecule has 0 saturated heterocycles. The lowest BCUT2D eigenvalue weighted by atomic mass is 9.74. The van der Waals surface area contributed by atoms with Crippen LogP contribution in [-0.2, 0) is 4.79 Å². The highest BCUT2D eigenvalue weighted by molar-refractivity contribution is 6.05. The van der Waals surface area contributed by atoms with E-state index in [0.29, 0.717) is 24.1 Å². The monoisotopic (exact) mass is 270 g/mol. The quantitative estimate of drug-likeness (QED) is 0.857. The topological polar surface area (TPSA) is 70.0 Å². The van der Waals surface area contributed by atoms with Crippen molar-refractivity contribution in [2.75, 3.05) is 5.32 Å². The molecule has 4 nitrogen and oxygen atoms in total. The first-order valence-corrected chi connectivity index (χ1v) is 6.92. The number of hydrogen-bond acceptors (Lipinski definition) is 3. The lowest BCUT2D eigenvalue weighted by Crippen LogP contribution is -2.37. The number of nitriles is 1. The molecule has 0 atom stereocenters. The van der Waals surface area contributed by atoms with Crippen molar-refractivity contribution < 1.29 is 9.59 Å². The van der Waals surface area contributed by atoms with E-state index in [1.54, 1.807) is 24.3 Å². The fraction of sp³-hybridized carbons (Fsp3) is 0.438. The van der Waals surface area contributed by atoms with Crippen molar-refractivity contribution in [3.05, 3.63) is 29.8 Å². The summed E-state index contributed by atoms with van der Waals surface area (Å²) in [6.45, 7) is 1.46. The number of para-hydroxylation sites is 1. The summed E-state index contributed by atoms with van der Waals surface area (Å²) < 4.78 is 0. The summed E-state index contributed by atoms with van der Waals surface area (Å²) in [6, 6.07) is 9.09. The van der Waals surface area contributed by atoms with Crippen LogP contribution in [0.15, 0.2) is 24.3 Å². The number of amides is 1. The van der Waals surface area contributed by atoms with Crippen molar-refractivity contribution in [3.63, 3.8) is 0 Å². The lowest BCUT2D eigenvalue weighted by molar-refractivity contribution is -0.124. The number of hydrogen-bond donors (Lipinski definition) is 1. The second kappa shape index (κ2) is 5.87. The summed E-state index contributed by atoms with van der Waals surface area (Å²) in [7, 11) is 0. The van der Waals surface area contributed by atoms with Crippen molar-refractivity contribution in [1.29, 1.82) is 5.26 Å². The number of ketones is 1. The average Bonchev–Trinajstić information content (AvgIpc) is 2.48. The van der Waals surface area contributed by atoms with Crippen molar-refractivity contribution in [3.8, 4) is 6.07 Å². The second-order valence-corrected chi connectivity index (χ2v) is 5.31. The van der Waals surface area contributed by atoms with E-state index < -0.39 is 5.41 Å². The second-order valence-electron chi connectivity index (χ2n) is 5.31. The Morgan fingerprint density at radius 3 is 2.45 bits per heavy atom. The molecule has 0 aromatic heterocycles. The third kappa shape index (κ3) is 2.72. The van der Waals surface area contributed by atoms with Crippen LogP contribution in [0.2, 0.25) is 0 Å². The molecular weight excluding hydrogens is 252 g/mol. The molecular formula is C16H18N2O2. The smallest absolute Gasteiger partial charge is 0.244 e. The number of carbonyl (C=O) groups is 2. The Labute approximate surface area is 118 Å². The highest BCUT2D eigenvalue weighted by Crippen LogP contribution is 2.37. The predicted octanol–water partition coefficient (Wildman–Crippen LogP) is 3.30. The molecule has 1 aliphatic rings. The first kappa shape index (κ1) is 14.3. The van der Waals surface area contributed by atoms with E-state index in [2.05, 4.69) is 11.4 Å². The van der Waals surface area contributed by atoms with Gasteiger partial charge >= 0.3 is 0 Å². The van der Waals surface area contributed by atoms with E-state index in [4.69, 9.17) is 0 Å². The Hall–Kier alpha value is -2.15. The highest BCUT2D eigenvalue weighted by Gasteiger charge is 2.40. The molecule has 1 aromatic carbocycles. The SMILES string of the molecule is CC(=O)c1ccccc1NC(=O)C1(C#N)CCCCC1. The molecule has 4 heteroatoms. The molecule has 1 aliphatic carbocycles. The highest BCUT2D eigenvalue weighted by atomic mass is 16.2. The van der Waals surface area contributed by atoms with Crippen LogP contribution < -0.4 is 5.32 Å². The van der Waals surface area contributed by atoms with Gasteiger partial charge in [0.1, 0.15) is 5.41 Å². The number of rotatable bonds is 3. The van der Waals surface area contributed by atoms with E-state index in [0.717, 1.165) is 19.3 Å². The zero-order valence-electron chi connectivity index (χ0n) is 11.6. The minimum absolute atomic E-state index is 0.101. The van der Waals surface area contributed by atoms with Crippen LogP contribution in [0.1, 0.15) is 49.4 Å². The third-order valence-corrected chi connectivity index (χ3v) is 3.91. The van der Waals surface area contributed by atoms with E-state index in [1.807, 2.05) is 0 Å². The van der Waals surface area contributed by atoms with Crippen LogP contribution in [0.25, 0.3) is 0 Å². The van der Waals surface area contributed by atoms with Crippen molar-refractivity contribution in [2.24, 2.45) is 5.41 Å². The minimum atomic E-state index is -0.942. The first-order chi connectivity index (χ1) is 9.59. The molecule has 0 radical (unpaired) electrons. The molecule has 0 aliphatic heterocycles. The van der Waals surface area contributed by atoms with Crippen LogP contribution in [0, 0.1) is 16.7 Å². The zero-order valence-corrected chi connectivity index (χ0v) is 11.6. The normalized spacial score (nSPS) is 17.0. The maximum atomic E-state index is 12.5. The molecule has 1 saturated carbocycles. The molecule has 1 N–H and O–H groups in total. The Bertz CT molecular complexity index is 566. The molecule has 1 aromatic rings. The fourth-order valence-corrected chi connectivity index (χ4v) is 2.69. The Morgan fingerprint density at radius 1 is 1.20 bits per heavy atom. The average molecular weight is 270 g/mol. The first-order valence-electron chi connectivity index (χ1n) is 6.92. The van der Waals surface area contributed by atoms with Crippen LogP contribution in [-0.4, -0.2) is 11.7 Å². The van der Waals surface area contributed by atoms with Crippen LogP contribution in [0.4, 0.5) is 5.69 Å². The van der Waals surface area contributed by atoms with Crippen LogP contribution in [0.3, 0.4) is 0 Å².